The maximum Gasteiger partial charge on any atom is 0.250 e. The number of imidazole rings is 1. The van der Waals surface area contributed by atoms with Gasteiger partial charge in [0.05, 0.1) is 11.0 Å². The third-order valence-electron chi connectivity index (χ3n) is 7.04. The topological polar surface area (TPSA) is 58.3 Å². The van der Waals surface area contributed by atoms with Crippen LogP contribution in [-0.4, -0.2) is 69.7 Å². The van der Waals surface area contributed by atoms with Crippen LogP contribution in [0.25, 0.3) is 11.0 Å². The fourth-order valence-electron chi connectivity index (χ4n) is 5.00. The Labute approximate surface area is 189 Å². The maximum absolute atomic E-state index is 12.2. The largest absolute Gasteiger partial charge is 0.382 e. The van der Waals surface area contributed by atoms with E-state index in [1.807, 2.05) is 12.3 Å². The second-order valence-electron chi connectivity index (χ2n) is 9.35. The number of aromatic nitrogens is 3. The molecule has 0 bridgehead atoms. The normalized spacial score (nSPS) is 19.8. The van der Waals surface area contributed by atoms with Gasteiger partial charge in [0.25, 0.3) is 5.56 Å². The average Bonchev–Trinajstić information content (AvgIpc) is 3.15. The van der Waals surface area contributed by atoms with Gasteiger partial charge in [-0.25, -0.2) is 4.98 Å². The fraction of sp³-hybridized carbons (Fsp3) is 0.520. The van der Waals surface area contributed by atoms with Crippen molar-refractivity contribution in [2.45, 2.75) is 45.3 Å². The molecule has 2 aliphatic heterocycles. The smallest absolute Gasteiger partial charge is 0.250 e. The molecule has 170 valence electrons. The monoisotopic (exact) mass is 434 g/mol. The number of nitrogens with zero attached hydrogens (tertiary/aromatic N) is 5. The van der Waals surface area contributed by atoms with Crippen LogP contribution < -0.4 is 10.9 Å². The summed E-state index contributed by atoms with van der Waals surface area (Å²) in [5.74, 6) is 1.08. The highest BCUT2D eigenvalue weighted by Gasteiger charge is 2.22. The lowest BCUT2D eigenvalue weighted by atomic mass is 9.98. The first-order chi connectivity index (χ1) is 15.6. The molecule has 1 saturated heterocycles. The zero-order valence-corrected chi connectivity index (χ0v) is 19.3. The second-order valence-corrected chi connectivity index (χ2v) is 9.35. The highest BCUT2D eigenvalue weighted by molar-refractivity contribution is 5.86. The molecule has 32 heavy (non-hydrogen) atoms. The Balaban J connectivity index is 1.45. The number of hydrogen-bond donors (Lipinski definition) is 1. The summed E-state index contributed by atoms with van der Waals surface area (Å²) in [7, 11) is 2.20. The van der Waals surface area contributed by atoms with E-state index in [2.05, 4.69) is 45.8 Å². The molecule has 1 fully saturated rings. The van der Waals surface area contributed by atoms with Crippen molar-refractivity contribution in [1.29, 1.82) is 0 Å². The summed E-state index contributed by atoms with van der Waals surface area (Å²) in [6.45, 7) is 9.35. The maximum atomic E-state index is 12.2. The molecule has 1 atom stereocenters. The van der Waals surface area contributed by atoms with Crippen molar-refractivity contribution < 1.29 is 0 Å². The molecule has 5 rings (SSSR count). The van der Waals surface area contributed by atoms with E-state index in [0.29, 0.717) is 12.6 Å². The molecule has 2 aliphatic rings. The van der Waals surface area contributed by atoms with E-state index in [4.69, 9.17) is 4.98 Å². The zero-order valence-electron chi connectivity index (χ0n) is 19.3. The molecule has 7 nitrogen and oxygen atoms in total. The van der Waals surface area contributed by atoms with E-state index in [-0.39, 0.29) is 5.56 Å². The lowest BCUT2D eigenvalue weighted by Crippen LogP contribution is -2.45. The number of piperazine rings is 1. The van der Waals surface area contributed by atoms with Crippen molar-refractivity contribution in [3.8, 4) is 0 Å². The molecule has 4 heterocycles. The molecule has 0 amide bonds. The molecule has 7 heteroatoms. The van der Waals surface area contributed by atoms with Gasteiger partial charge < -0.3 is 19.4 Å². The van der Waals surface area contributed by atoms with Crippen molar-refractivity contribution in [3.63, 3.8) is 0 Å². The quantitative estimate of drug-likeness (QED) is 0.646. The van der Waals surface area contributed by atoms with Gasteiger partial charge in [0.15, 0.2) is 0 Å². The predicted octanol–water partition coefficient (Wildman–Crippen LogP) is 2.43. The summed E-state index contributed by atoms with van der Waals surface area (Å²) >= 11 is 0. The van der Waals surface area contributed by atoms with Gasteiger partial charge in [-0.2, -0.15) is 0 Å². The van der Waals surface area contributed by atoms with Crippen molar-refractivity contribution >= 4 is 16.7 Å². The van der Waals surface area contributed by atoms with Gasteiger partial charge in [0.1, 0.15) is 5.82 Å². The predicted molar refractivity (Wildman–Crippen MR) is 129 cm³/mol. The van der Waals surface area contributed by atoms with Gasteiger partial charge in [-0.15, -0.1) is 0 Å². The third kappa shape index (κ3) is 4.32. The van der Waals surface area contributed by atoms with E-state index in [0.717, 1.165) is 69.9 Å². The zero-order chi connectivity index (χ0) is 22.1. The highest BCUT2D eigenvalue weighted by Crippen LogP contribution is 2.32. The van der Waals surface area contributed by atoms with Gasteiger partial charge in [0, 0.05) is 81.8 Å². The molecule has 0 aliphatic carbocycles. The molecule has 0 unspecified atom stereocenters. The number of benzene rings is 1. The first-order valence-electron chi connectivity index (χ1n) is 11.9. The lowest BCUT2D eigenvalue weighted by Gasteiger charge is -2.32. The molecular formula is C25H34N6O. The first kappa shape index (κ1) is 21.2. The summed E-state index contributed by atoms with van der Waals surface area (Å²) < 4.78 is 4.18. The van der Waals surface area contributed by atoms with E-state index < -0.39 is 0 Å². The summed E-state index contributed by atoms with van der Waals surface area (Å²) in [4.78, 5) is 22.3. The standard InChI is InChI=1S/C25H34N6O/c1-19-6-7-20-21(26-19)8-9-22-25(20)27-23(10-12-30-11-4-3-5-24(30)32)31(22)18-17-29-15-13-28(2)14-16-29/h3-5,8-9,11,19,26H,6-7,10,12-18H2,1-2H3/t19-/m0/s1. The molecule has 0 radical (unpaired) electrons. The van der Waals surface area contributed by atoms with Crippen LogP contribution in [-0.2, 0) is 25.9 Å². The number of pyridine rings is 1. The van der Waals surface area contributed by atoms with Crippen molar-refractivity contribution in [3.05, 3.63) is 58.3 Å². The molecule has 2 aromatic heterocycles. The van der Waals surface area contributed by atoms with Crippen LogP contribution in [0.15, 0.2) is 41.3 Å². The Bertz CT molecular complexity index is 1140. The van der Waals surface area contributed by atoms with E-state index in [1.165, 1.54) is 16.8 Å². The summed E-state index contributed by atoms with van der Waals surface area (Å²) in [6.07, 6.45) is 4.82. The van der Waals surface area contributed by atoms with Gasteiger partial charge >= 0.3 is 0 Å². The molecule has 0 spiro atoms. The molecule has 1 aromatic carbocycles. The van der Waals surface area contributed by atoms with Crippen LogP contribution in [0.3, 0.4) is 0 Å². The number of fused-ring (bicyclic) bond motifs is 3. The second kappa shape index (κ2) is 9.08. The first-order valence-corrected chi connectivity index (χ1v) is 11.9. The van der Waals surface area contributed by atoms with Crippen LogP contribution in [0.4, 0.5) is 5.69 Å². The fourth-order valence-corrected chi connectivity index (χ4v) is 5.00. The molecule has 3 aromatic rings. The Morgan fingerprint density at radius 2 is 1.91 bits per heavy atom. The summed E-state index contributed by atoms with van der Waals surface area (Å²) in [6, 6.07) is 10.3. The van der Waals surface area contributed by atoms with E-state index in [1.54, 1.807) is 16.7 Å². The Morgan fingerprint density at radius 1 is 1.06 bits per heavy atom. The van der Waals surface area contributed by atoms with Gasteiger partial charge in [0.2, 0.25) is 0 Å². The summed E-state index contributed by atoms with van der Waals surface area (Å²) in [5.41, 5.74) is 4.98. The van der Waals surface area contributed by atoms with Crippen LogP contribution >= 0.6 is 0 Å². The molecule has 1 N–H and O–H groups in total. The number of hydrogen-bond acceptors (Lipinski definition) is 5. The Morgan fingerprint density at radius 3 is 2.72 bits per heavy atom. The van der Waals surface area contributed by atoms with Crippen LogP contribution in [0.1, 0.15) is 24.7 Å². The van der Waals surface area contributed by atoms with Crippen LogP contribution in [0, 0.1) is 0 Å². The number of aryl methyl sites for hydroxylation is 3. The SMILES string of the molecule is C[C@H]1CCc2c(ccc3c2nc(CCn2ccccc2=O)n3CCN2CCN(C)CC2)N1. The molecule has 0 saturated carbocycles. The van der Waals surface area contributed by atoms with Gasteiger partial charge in [-0.1, -0.05) is 6.07 Å². The minimum absolute atomic E-state index is 0.0446. The number of rotatable bonds is 6. The van der Waals surface area contributed by atoms with Crippen molar-refractivity contribution in [2.75, 3.05) is 45.1 Å². The van der Waals surface area contributed by atoms with Crippen molar-refractivity contribution in [2.24, 2.45) is 0 Å². The minimum atomic E-state index is 0.0446. The van der Waals surface area contributed by atoms with E-state index >= 15 is 0 Å². The summed E-state index contributed by atoms with van der Waals surface area (Å²) in [5, 5.41) is 3.63. The third-order valence-corrected chi connectivity index (χ3v) is 7.04. The Hall–Kier alpha value is -2.64. The van der Waals surface area contributed by atoms with E-state index in [9.17, 15) is 4.79 Å². The van der Waals surface area contributed by atoms with Crippen LogP contribution in [0.5, 0.6) is 0 Å². The minimum Gasteiger partial charge on any atom is -0.382 e. The average molecular weight is 435 g/mol. The van der Waals surface area contributed by atoms with Gasteiger partial charge in [-0.3, -0.25) is 9.69 Å². The molecular weight excluding hydrogens is 400 g/mol. The number of nitrogens with one attached hydrogen (secondary N) is 1. The Kier molecular flexibility index (Phi) is 6.02. The number of likely N-dealkylation sites (N-methyl/N-ethyl adjacent to an activating group) is 1. The van der Waals surface area contributed by atoms with Gasteiger partial charge in [-0.05, 0) is 45.0 Å². The van der Waals surface area contributed by atoms with Crippen LogP contribution in [0.2, 0.25) is 0 Å². The highest BCUT2D eigenvalue weighted by atomic mass is 16.1. The lowest BCUT2D eigenvalue weighted by molar-refractivity contribution is 0.150. The number of anilines is 1. The van der Waals surface area contributed by atoms with Crippen molar-refractivity contribution in [1.82, 2.24) is 23.9 Å².